The van der Waals surface area contributed by atoms with E-state index in [9.17, 15) is 9.59 Å². The Morgan fingerprint density at radius 3 is 2.42 bits per heavy atom. The van der Waals surface area contributed by atoms with Gasteiger partial charge in [-0.15, -0.1) is 0 Å². The Labute approximate surface area is 144 Å². The highest BCUT2D eigenvalue weighted by molar-refractivity contribution is 5.94. The lowest BCUT2D eigenvalue weighted by Gasteiger charge is -2.20. The fraction of sp³-hybridized carbons (Fsp3) is 0.600. The lowest BCUT2D eigenvalue weighted by Crippen LogP contribution is -2.23. The molecule has 3 rings (SSSR count). The van der Waals surface area contributed by atoms with Crippen LogP contribution in [0.2, 0.25) is 0 Å². The average Bonchev–Trinajstić information content (AvgIpc) is 3.11. The van der Waals surface area contributed by atoms with E-state index in [1.807, 2.05) is 32.9 Å². The number of amides is 1. The number of anilines is 1. The summed E-state index contributed by atoms with van der Waals surface area (Å²) in [5, 5.41) is 2.87. The summed E-state index contributed by atoms with van der Waals surface area (Å²) in [7, 11) is 0. The minimum Gasteiger partial charge on any atom is -0.456 e. The third-order valence-corrected chi connectivity index (χ3v) is 5.62. The number of esters is 1. The maximum atomic E-state index is 12.1. The van der Waals surface area contributed by atoms with Crippen LogP contribution >= 0.6 is 0 Å². The minimum absolute atomic E-state index is 0.202. The highest BCUT2D eigenvalue weighted by Crippen LogP contribution is 2.49. The predicted molar refractivity (Wildman–Crippen MR) is 93.8 cm³/mol. The topological polar surface area (TPSA) is 55.4 Å². The van der Waals surface area contributed by atoms with Gasteiger partial charge in [0.2, 0.25) is 0 Å². The van der Waals surface area contributed by atoms with Crippen molar-refractivity contribution in [2.75, 3.05) is 11.9 Å². The summed E-state index contributed by atoms with van der Waals surface area (Å²) >= 11 is 0. The van der Waals surface area contributed by atoms with Gasteiger partial charge in [0.05, 0.1) is 0 Å². The van der Waals surface area contributed by atoms with E-state index in [-0.39, 0.29) is 18.5 Å². The van der Waals surface area contributed by atoms with Crippen LogP contribution in [0, 0.1) is 38.5 Å². The van der Waals surface area contributed by atoms with Gasteiger partial charge in [-0.2, -0.15) is 0 Å². The fourth-order valence-corrected chi connectivity index (χ4v) is 4.60. The van der Waals surface area contributed by atoms with Gasteiger partial charge in [0.15, 0.2) is 6.61 Å². The van der Waals surface area contributed by atoms with Crippen molar-refractivity contribution in [2.24, 2.45) is 17.8 Å². The third kappa shape index (κ3) is 3.80. The van der Waals surface area contributed by atoms with Gasteiger partial charge in [0.1, 0.15) is 0 Å². The molecule has 0 spiro atoms. The van der Waals surface area contributed by atoms with Crippen LogP contribution in [0.25, 0.3) is 0 Å². The summed E-state index contributed by atoms with van der Waals surface area (Å²) in [5.74, 6) is 1.49. The summed E-state index contributed by atoms with van der Waals surface area (Å²) in [4.78, 5) is 24.1. The van der Waals surface area contributed by atoms with Crippen LogP contribution in [-0.4, -0.2) is 18.5 Å². The molecule has 2 aliphatic carbocycles. The van der Waals surface area contributed by atoms with E-state index in [1.165, 1.54) is 24.8 Å². The van der Waals surface area contributed by atoms with E-state index in [4.69, 9.17) is 4.74 Å². The van der Waals surface area contributed by atoms with E-state index in [1.54, 1.807) is 0 Å². The van der Waals surface area contributed by atoms with Crippen LogP contribution in [0.3, 0.4) is 0 Å². The second kappa shape index (κ2) is 6.96. The minimum atomic E-state index is -0.272. The van der Waals surface area contributed by atoms with E-state index < -0.39 is 0 Å². The number of carbonyl (C=O) groups is 2. The van der Waals surface area contributed by atoms with Crippen LogP contribution in [0.4, 0.5) is 5.69 Å². The number of rotatable bonds is 5. The average molecular weight is 329 g/mol. The summed E-state index contributed by atoms with van der Waals surface area (Å²) in [5.41, 5.74) is 4.03. The first kappa shape index (κ1) is 17.0. The van der Waals surface area contributed by atoms with Gasteiger partial charge in [0.25, 0.3) is 5.91 Å². The maximum Gasteiger partial charge on any atom is 0.306 e. The van der Waals surface area contributed by atoms with Gasteiger partial charge in [-0.1, -0.05) is 24.1 Å². The zero-order chi connectivity index (χ0) is 17.3. The van der Waals surface area contributed by atoms with Crippen molar-refractivity contribution in [1.29, 1.82) is 0 Å². The van der Waals surface area contributed by atoms with E-state index in [2.05, 4.69) is 5.32 Å². The Morgan fingerprint density at radius 2 is 1.83 bits per heavy atom. The zero-order valence-electron chi connectivity index (χ0n) is 14.9. The van der Waals surface area contributed by atoms with Gasteiger partial charge in [-0.25, -0.2) is 0 Å². The Balaban J connectivity index is 1.46. The highest BCUT2D eigenvalue weighted by atomic mass is 16.5. The summed E-state index contributed by atoms with van der Waals surface area (Å²) < 4.78 is 5.20. The van der Waals surface area contributed by atoms with Gasteiger partial charge in [-0.3, -0.25) is 9.59 Å². The number of ether oxygens (including phenoxy) is 1. The van der Waals surface area contributed by atoms with Crippen LogP contribution in [0.5, 0.6) is 0 Å². The molecule has 24 heavy (non-hydrogen) atoms. The van der Waals surface area contributed by atoms with E-state index >= 15 is 0 Å². The molecule has 1 aromatic carbocycles. The van der Waals surface area contributed by atoms with Crippen molar-refractivity contribution >= 4 is 17.6 Å². The molecule has 130 valence electrons. The molecule has 4 heteroatoms. The number of fused-ring (bicyclic) bond motifs is 2. The van der Waals surface area contributed by atoms with Crippen molar-refractivity contribution < 1.29 is 14.3 Å². The first-order chi connectivity index (χ1) is 11.4. The van der Waals surface area contributed by atoms with E-state index in [0.717, 1.165) is 29.2 Å². The van der Waals surface area contributed by atoms with Crippen molar-refractivity contribution in [3.05, 3.63) is 28.8 Å². The number of nitrogens with one attached hydrogen (secondary N) is 1. The maximum absolute atomic E-state index is 12.1. The molecule has 3 unspecified atom stereocenters. The standard InChI is InChI=1S/C20H27NO3/c1-12-6-13(2)20(14(3)7-12)21-18(22)11-24-19(23)10-17-9-15-4-5-16(17)8-15/h6-7,15-17H,4-5,8-11H2,1-3H3,(H,21,22). The molecule has 0 heterocycles. The van der Waals surface area contributed by atoms with E-state index in [0.29, 0.717) is 18.3 Å². The Bertz CT molecular complexity index is 629. The lowest BCUT2D eigenvalue weighted by atomic mass is 9.86. The van der Waals surface area contributed by atoms with Crippen LogP contribution in [-0.2, 0) is 14.3 Å². The molecule has 3 atom stereocenters. The fourth-order valence-electron chi connectivity index (χ4n) is 4.60. The Hall–Kier alpha value is -1.84. The molecule has 2 saturated carbocycles. The van der Waals surface area contributed by atoms with Crippen molar-refractivity contribution in [3.8, 4) is 0 Å². The van der Waals surface area contributed by atoms with Gasteiger partial charge < -0.3 is 10.1 Å². The molecule has 0 aromatic heterocycles. The van der Waals surface area contributed by atoms with Crippen molar-refractivity contribution in [1.82, 2.24) is 0 Å². The van der Waals surface area contributed by atoms with Crippen LogP contribution in [0.15, 0.2) is 12.1 Å². The van der Waals surface area contributed by atoms with Crippen molar-refractivity contribution in [2.45, 2.75) is 52.9 Å². The van der Waals surface area contributed by atoms with Gasteiger partial charge in [-0.05, 0) is 68.9 Å². The molecule has 2 aliphatic rings. The summed E-state index contributed by atoms with van der Waals surface area (Å²) in [6.45, 7) is 5.77. The molecule has 4 nitrogen and oxygen atoms in total. The SMILES string of the molecule is Cc1cc(C)c(NC(=O)COC(=O)CC2CC3CCC2C3)c(C)c1. The second-order valence-electron chi connectivity index (χ2n) is 7.62. The molecule has 1 amide bonds. The molecular formula is C20H27NO3. The largest absolute Gasteiger partial charge is 0.456 e. The summed E-state index contributed by atoms with van der Waals surface area (Å²) in [6.07, 6.45) is 5.50. The molecule has 0 saturated heterocycles. The number of aryl methyl sites for hydroxylation is 3. The third-order valence-electron chi connectivity index (χ3n) is 5.62. The Morgan fingerprint density at radius 1 is 1.12 bits per heavy atom. The molecule has 2 bridgehead atoms. The van der Waals surface area contributed by atoms with Gasteiger partial charge >= 0.3 is 5.97 Å². The molecule has 2 fully saturated rings. The molecule has 0 aliphatic heterocycles. The number of carbonyl (C=O) groups excluding carboxylic acids is 2. The molecule has 1 N–H and O–H groups in total. The zero-order valence-corrected chi connectivity index (χ0v) is 14.9. The van der Waals surface area contributed by atoms with Crippen molar-refractivity contribution in [3.63, 3.8) is 0 Å². The monoisotopic (exact) mass is 329 g/mol. The van der Waals surface area contributed by atoms with Crippen LogP contribution in [0.1, 0.15) is 48.8 Å². The highest BCUT2D eigenvalue weighted by Gasteiger charge is 2.40. The number of hydrogen-bond acceptors (Lipinski definition) is 3. The van der Waals surface area contributed by atoms with Gasteiger partial charge in [0, 0.05) is 12.1 Å². The predicted octanol–water partition coefficient (Wildman–Crippen LogP) is 3.92. The normalized spacial score (nSPS) is 24.9. The summed E-state index contributed by atoms with van der Waals surface area (Å²) in [6, 6.07) is 4.06. The first-order valence-electron chi connectivity index (χ1n) is 8.95. The number of benzene rings is 1. The first-order valence-corrected chi connectivity index (χ1v) is 8.95. The molecule has 1 aromatic rings. The quantitative estimate of drug-likeness (QED) is 0.833. The lowest BCUT2D eigenvalue weighted by molar-refractivity contribution is -0.148. The van der Waals surface area contributed by atoms with Crippen LogP contribution < -0.4 is 5.32 Å². The molecule has 0 radical (unpaired) electrons. The molecular weight excluding hydrogens is 302 g/mol. The Kier molecular flexibility index (Phi) is 4.93. The smallest absolute Gasteiger partial charge is 0.306 e. The second-order valence-corrected chi connectivity index (χ2v) is 7.62. The number of hydrogen-bond donors (Lipinski definition) is 1.